The van der Waals surface area contributed by atoms with Crippen molar-refractivity contribution < 1.29 is 14.3 Å². The Hall–Kier alpha value is -2.42. The molecule has 2 aromatic carbocycles. The Labute approximate surface area is 195 Å². The molecule has 10 heteroatoms. The summed E-state index contributed by atoms with van der Waals surface area (Å²) < 4.78 is 12.7. The molecule has 0 saturated heterocycles. The van der Waals surface area contributed by atoms with Gasteiger partial charge in [-0.05, 0) is 48.9 Å². The van der Waals surface area contributed by atoms with Crippen molar-refractivity contribution in [3.8, 4) is 11.5 Å². The van der Waals surface area contributed by atoms with Crippen molar-refractivity contribution in [3.63, 3.8) is 0 Å². The molecule has 0 saturated carbocycles. The third-order valence-electron chi connectivity index (χ3n) is 4.33. The molecule has 0 aliphatic rings. The number of anilines is 1. The van der Waals surface area contributed by atoms with E-state index in [2.05, 4.69) is 15.5 Å². The normalized spacial score (nSPS) is 10.7. The first kappa shape index (κ1) is 23.2. The van der Waals surface area contributed by atoms with E-state index in [-0.39, 0.29) is 11.7 Å². The summed E-state index contributed by atoms with van der Waals surface area (Å²) in [4.78, 5) is 12.2. The van der Waals surface area contributed by atoms with Gasteiger partial charge in [0.2, 0.25) is 5.91 Å². The van der Waals surface area contributed by atoms with Gasteiger partial charge in [-0.1, -0.05) is 35.0 Å². The Balaban J connectivity index is 1.43. The number of nitrogens with one attached hydrogen (secondary N) is 1. The molecule has 0 aliphatic carbocycles. The minimum Gasteiger partial charge on any atom is -0.497 e. The van der Waals surface area contributed by atoms with Crippen molar-refractivity contribution in [2.75, 3.05) is 24.8 Å². The SMILES string of the molecule is COc1ccc(NC(=O)CSc2nnc(CCCOc3ccc(Cl)cc3Cl)n2C)cc1. The molecule has 0 unspecified atom stereocenters. The minimum atomic E-state index is -0.118. The predicted octanol–water partition coefficient (Wildman–Crippen LogP) is 4.87. The quantitative estimate of drug-likeness (QED) is 0.329. The molecule has 1 amide bonds. The van der Waals surface area contributed by atoms with Gasteiger partial charge < -0.3 is 19.4 Å². The summed E-state index contributed by atoms with van der Waals surface area (Å²) in [5.41, 5.74) is 0.714. The standard InChI is InChI=1S/C21H22Cl2N4O3S/c1-27-19(4-3-11-30-18-10-5-14(22)12-17(18)23)25-26-21(27)31-13-20(28)24-15-6-8-16(29-2)9-7-15/h5-10,12H,3-4,11,13H2,1-2H3,(H,24,28). The van der Waals surface area contributed by atoms with Gasteiger partial charge in [0.25, 0.3) is 0 Å². The number of aryl methyl sites for hydroxylation is 1. The van der Waals surface area contributed by atoms with Crippen LogP contribution in [0.1, 0.15) is 12.2 Å². The van der Waals surface area contributed by atoms with Gasteiger partial charge in [0, 0.05) is 24.2 Å². The molecule has 0 spiro atoms. The molecule has 0 aliphatic heterocycles. The lowest BCUT2D eigenvalue weighted by atomic mass is 10.3. The molecule has 3 rings (SSSR count). The zero-order valence-corrected chi connectivity index (χ0v) is 19.4. The lowest BCUT2D eigenvalue weighted by Crippen LogP contribution is -2.14. The van der Waals surface area contributed by atoms with E-state index in [9.17, 15) is 4.79 Å². The van der Waals surface area contributed by atoms with Gasteiger partial charge in [-0.25, -0.2) is 0 Å². The van der Waals surface area contributed by atoms with Crippen molar-refractivity contribution in [2.24, 2.45) is 7.05 Å². The van der Waals surface area contributed by atoms with Crippen molar-refractivity contribution in [1.82, 2.24) is 14.8 Å². The molecule has 0 radical (unpaired) electrons. The number of nitrogens with zero attached hydrogens (tertiary/aromatic N) is 3. The molecular weight excluding hydrogens is 459 g/mol. The Kier molecular flexibility index (Phi) is 8.45. The highest BCUT2D eigenvalue weighted by atomic mass is 35.5. The highest BCUT2D eigenvalue weighted by Crippen LogP contribution is 2.27. The van der Waals surface area contributed by atoms with Crippen LogP contribution in [-0.2, 0) is 18.3 Å². The number of benzene rings is 2. The number of carbonyl (C=O) groups excluding carboxylic acids is 1. The second-order valence-corrected chi connectivity index (χ2v) is 8.34. The molecule has 0 bridgehead atoms. The summed E-state index contributed by atoms with van der Waals surface area (Å²) >= 11 is 13.3. The van der Waals surface area contributed by atoms with Gasteiger partial charge in [0.05, 0.1) is 24.5 Å². The number of hydrogen-bond donors (Lipinski definition) is 1. The van der Waals surface area contributed by atoms with Crippen molar-refractivity contribution in [3.05, 3.63) is 58.3 Å². The molecule has 7 nitrogen and oxygen atoms in total. The first-order valence-electron chi connectivity index (χ1n) is 9.49. The molecule has 3 aromatic rings. The second kappa shape index (κ2) is 11.3. The van der Waals surface area contributed by atoms with Gasteiger partial charge in [-0.15, -0.1) is 10.2 Å². The predicted molar refractivity (Wildman–Crippen MR) is 124 cm³/mol. The molecular formula is C21H22Cl2N4O3S. The highest BCUT2D eigenvalue weighted by Gasteiger charge is 2.12. The number of amides is 1. The van der Waals surface area contributed by atoms with Crippen LogP contribution in [0.25, 0.3) is 0 Å². The number of carbonyl (C=O) groups is 1. The molecule has 31 heavy (non-hydrogen) atoms. The third kappa shape index (κ3) is 6.78. The number of hydrogen-bond acceptors (Lipinski definition) is 6. The van der Waals surface area contributed by atoms with E-state index in [1.54, 1.807) is 49.6 Å². The Morgan fingerprint density at radius 2 is 1.94 bits per heavy atom. The smallest absolute Gasteiger partial charge is 0.234 e. The van der Waals surface area contributed by atoms with Crippen LogP contribution in [0.15, 0.2) is 47.6 Å². The lowest BCUT2D eigenvalue weighted by molar-refractivity contribution is -0.113. The molecule has 1 aromatic heterocycles. The topological polar surface area (TPSA) is 78.3 Å². The van der Waals surface area contributed by atoms with E-state index < -0.39 is 0 Å². The Morgan fingerprint density at radius 3 is 2.65 bits per heavy atom. The molecule has 0 atom stereocenters. The number of halogens is 2. The largest absolute Gasteiger partial charge is 0.497 e. The summed E-state index contributed by atoms with van der Waals surface area (Å²) in [6.07, 6.45) is 1.43. The lowest BCUT2D eigenvalue weighted by Gasteiger charge is -2.08. The zero-order chi connectivity index (χ0) is 22.2. The fourth-order valence-corrected chi connectivity index (χ4v) is 3.89. The zero-order valence-electron chi connectivity index (χ0n) is 17.1. The van der Waals surface area contributed by atoms with Gasteiger partial charge in [0.1, 0.15) is 17.3 Å². The van der Waals surface area contributed by atoms with E-state index >= 15 is 0 Å². The summed E-state index contributed by atoms with van der Waals surface area (Å²) in [6.45, 7) is 0.487. The average molecular weight is 481 g/mol. The van der Waals surface area contributed by atoms with Crippen LogP contribution in [0.2, 0.25) is 10.0 Å². The van der Waals surface area contributed by atoms with Gasteiger partial charge in [-0.2, -0.15) is 0 Å². The highest BCUT2D eigenvalue weighted by molar-refractivity contribution is 7.99. The number of aromatic nitrogens is 3. The van der Waals surface area contributed by atoms with E-state index in [1.165, 1.54) is 11.8 Å². The van der Waals surface area contributed by atoms with Crippen LogP contribution in [0.4, 0.5) is 5.69 Å². The summed E-state index contributed by atoms with van der Waals surface area (Å²) in [5.74, 6) is 2.27. The van der Waals surface area contributed by atoms with Crippen LogP contribution in [0.5, 0.6) is 11.5 Å². The van der Waals surface area contributed by atoms with Crippen LogP contribution >= 0.6 is 35.0 Å². The van der Waals surface area contributed by atoms with Crippen molar-refractivity contribution in [1.29, 1.82) is 0 Å². The van der Waals surface area contributed by atoms with Gasteiger partial charge in [0.15, 0.2) is 5.16 Å². The average Bonchev–Trinajstić information content (AvgIpc) is 3.11. The molecule has 1 N–H and O–H groups in total. The summed E-state index contributed by atoms with van der Waals surface area (Å²) in [5, 5.41) is 13.0. The second-order valence-electron chi connectivity index (χ2n) is 6.55. The fourth-order valence-electron chi connectivity index (χ4n) is 2.69. The summed E-state index contributed by atoms with van der Waals surface area (Å²) in [7, 11) is 3.48. The van der Waals surface area contributed by atoms with Crippen molar-refractivity contribution in [2.45, 2.75) is 18.0 Å². The maximum atomic E-state index is 12.2. The minimum absolute atomic E-state index is 0.118. The van der Waals surface area contributed by atoms with Crippen molar-refractivity contribution >= 4 is 46.6 Å². The number of thioether (sulfide) groups is 1. The number of methoxy groups -OCH3 is 1. The Morgan fingerprint density at radius 1 is 1.16 bits per heavy atom. The van der Waals surface area contributed by atoms with Crippen LogP contribution in [0, 0.1) is 0 Å². The van der Waals surface area contributed by atoms with E-state index in [0.29, 0.717) is 39.7 Å². The molecule has 164 valence electrons. The van der Waals surface area contributed by atoms with Gasteiger partial charge >= 0.3 is 0 Å². The summed E-state index contributed by atoms with van der Waals surface area (Å²) in [6, 6.07) is 12.3. The van der Waals surface area contributed by atoms with Crippen LogP contribution in [0.3, 0.4) is 0 Å². The maximum Gasteiger partial charge on any atom is 0.234 e. The molecule has 0 fully saturated rings. The fraction of sp³-hybridized carbons (Fsp3) is 0.286. The first-order chi connectivity index (χ1) is 15.0. The molecule has 1 heterocycles. The van der Waals surface area contributed by atoms with E-state index in [4.69, 9.17) is 32.7 Å². The number of rotatable bonds is 10. The number of ether oxygens (including phenoxy) is 2. The van der Waals surface area contributed by atoms with Crippen LogP contribution < -0.4 is 14.8 Å². The van der Waals surface area contributed by atoms with E-state index in [0.717, 1.165) is 18.0 Å². The Bertz CT molecular complexity index is 1030. The van der Waals surface area contributed by atoms with Crippen LogP contribution in [-0.4, -0.2) is 40.1 Å². The van der Waals surface area contributed by atoms with E-state index in [1.807, 2.05) is 11.6 Å². The van der Waals surface area contributed by atoms with Gasteiger partial charge in [-0.3, -0.25) is 4.79 Å². The maximum absolute atomic E-state index is 12.2. The third-order valence-corrected chi connectivity index (χ3v) is 5.88. The monoisotopic (exact) mass is 480 g/mol. The first-order valence-corrected chi connectivity index (χ1v) is 11.2.